The average molecular weight is 446 g/mol. The monoisotopic (exact) mass is 446 g/mol. The number of rotatable bonds is 4. The number of phenols is 1. The molecule has 0 aliphatic carbocycles. The maximum absolute atomic E-state index is 12.4. The first-order valence-corrected chi connectivity index (χ1v) is 8.55. The standard InChI is InChI=1S/C19H15IN2O3/c1-25-17-10-12(9-16(20)18(17)23)11-21-22-19(24)15-8-4-6-13-5-2-3-7-14(13)15/h2-11,23H,1H3,(H,22,24)/b21-11-. The van der Waals surface area contributed by atoms with Crippen molar-refractivity contribution in [2.75, 3.05) is 7.11 Å². The van der Waals surface area contributed by atoms with E-state index in [9.17, 15) is 9.90 Å². The van der Waals surface area contributed by atoms with E-state index in [0.29, 0.717) is 20.4 Å². The lowest BCUT2D eigenvalue weighted by atomic mass is 10.0. The van der Waals surface area contributed by atoms with Crippen LogP contribution in [0.15, 0.2) is 59.7 Å². The first kappa shape index (κ1) is 17.2. The number of hydrazone groups is 1. The molecular weight excluding hydrogens is 431 g/mol. The summed E-state index contributed by atoms with van der Waals surface area (Å²) in [6, 6.07) is 16.6. The molecule has 25 heavy (non-hydrogen) atoms. The number of fused-ring (bicyclic) bond motifs is 1. The van der Waals surface area contributed by atoms with Crippen molar-refractivity contribution in [3.05, 3.63) is 69.3 Å². The van der Waals surface area contributed by atoms with Crippen LogP contribution >= 0.6 is 22.6 Å². The fourth-order valence-corrected chi connectivity index (χ4v) is 3.10. The highest BCUT2D eigenvalue weighted by atomic mass is 127. The van der Waals surface area contributed by atoms with E-state index in [2.05, 4.69) is 10.5 Å². The van der Waals surface area contributed by atoms with Crippen molar-refractivity contribution >= 4 is 45.5 Å². The minimum Gasteiger partial charge on any atom is -0.504 e. The van der Waals surface area contributed by atoms with Gasteiger partial charge in [0, 0.05) is 5.56 Å². The highest BCUT2D eigenvalue weighted by molar-refractivity contribution is 14.1. The Hall–Kier alpha value is -2.61. The zero-order valence-electron chi connectivity index (χ0n) is 13.4. The number of nitrogens with one attached hydrogen (secondary N) is 1. The number of phenolic OH excluding ortho intramolecular Hbond substituents is 1. The van der Waals surface area contributed by atoms with Gasteiger partial charge >= 0.3 is 0 Å². The van der Waals surface area contributed by atoms with Gasteiger partial charge < -0.3 is 9.84 Å². The number of methoxy groups -OCH3 is 1. The summed E-state index contributed by atoms with van der Waals surface area (Å²) in [6.45, 7) is 0. The van der Waals surface area contributed by atoms with Gasteiger partial charge in [-0.1, -0.05) is 36.4 Å². The molecule has 2 N–H and O–H groups in total. The number of amides is 1. The molecule has 0 unspecified atom stereocenters. The van der Waals surface area contributed by atoms with Gasteiger partial charge in [0.25, 0.3) is 5.91 Å². The Bertz CT molecular complexity index is 965. The number of hydrogen-bond donors (Lipinski definition) is 2. The van der Waals surface area contributed by atoms with Crippen LogP contribution in [0.2, 0.25) is 0 Å². The van der Waals surface area contributed by atoms with Crippen molar-refractivity contribution < 1.29 is 14.6 Å². The quantitative estimate of drug-likeness (QED) is 0.363. The molecule has 0 fully saturated rings. The lowest BCUT2D eigenvalue weighted by Gasteiger charge is -2.07. The van der Waals surface area contributed by atoms with E-state index in [-0.39, 0.29) is 11.7 Å². The third-order valence-electron chi connectivity index (χ3n) is 3.68. The third kappa shape index (κ3) is 3.74. The Morgan fingerprint density at radius 2 is 1.96 bits per heavy atom. The minimum atomic E-state index is -0.284. The molecule has 1 amide bonds. The number of carbonyl (C=O) groups excluding carboxylic acids is 1. The molecule has 0 saturated carbocycles. The lowest BCUT2D eigenvalue weighted by molar-refractivity contribution is 0.0957. The molecule has 0 saturated heterocycles. The summed E-state index contributed by atoms with van der Waals surface area (Å²) in [5.41, 5.74) is 3.80. The predicted molar refractivity (Wildman–Crippen MR) is 106 cm³/mol. The molecule has 5 nitrogen and oxygen atoms in total. The van der Waals surface area contributed by atoms with Gasteiger partial charge in [0.2, 0.25) is 0 Å². The van der Waals surface area contributed by atoms with Crippen LogP contribution < -0.4 is 10.2 Å². The Labute approximate surface area is 158 Å². The predicted octanol–water partition coefficient (Wildman–Crippen LogP) is 3.92. The molecule has 0 spiro atoms. The number of aromatic hydroxyl groups is 1. The number of carbonyl (C=O) groups is 1. The summed E-state index contributed by atoms with van der Waals surface area (Å²) in [6.07, 6.45) is 1.51. The van der Waals surface area contributed by atoms with Gasteiger partial charge in [-0.15, -0.1) is 0 Å². The molecule has 0 aliphatic rings. The van der Waals surface area contributed by atoms with E-state index < -0.39 is 0 Å². The van der Waals surface area contributed by atoms with E-state index in [0.717, 1.165) is 10.8 Å². The summed E-state index contributed by atoms with van der Waals surface area (Å²) in [4.78, 5) is 12.4. The molecule has 0 aliphatic heterocycles. The molecule has 126 valence electrons. The molecule has 0 atom stereocenters. The minimum absolute atomic E-state index is 0.0834. The Morgan fingerprint density at radius 3 is 2.76 bits per heavy atom. The van der Waals surface area contributed by atoms with Crippen LogP contribution in [0.25, 0.3) is 10.8 Å². The van der Waals surface area contributed by atoms with Gasteiger partial charge in [0.1, 0.15) is 0 Å². The topological polar surface area (TPSA) is 70.9 Å². The van der Waals surface area contributed by atoms with Gasteiger partial charge in [-0.05, 0) is 57.1 Å². The summed E-state index contributed by atoms with van der Waals surface area (Å²) < 4.78 is 5.75. The Morgan fingerprint density at radius 1 is 1.20 bits per heavy atom. The number of ether oxygens (including phenoxy) is 1. The summed E-state index contributed by atoms with van der Waals surface area (Å²) in [7, 11) is 1.48. The molecule has 0 radical (unpaired) electrons. The van der Waals surface area contributed by atoms with Gasteiger partial charge in [-0.2, -0.15) is 5.10 Å². The SMILES string of the molecule is COc1cc(/C=N\NC(=O)c2cccc3ccccc23)cc(I)c1O. The Kier molecular flexibility index (Phi) is 5.18. The van der Waals surface area contributed by atoms with Crippen LogP contribution in [0.4, 0.5) is 0 Å². The largest absolute Gasteiger partial charge is 0.504 e. The first-order valence-electron chi connectivity index (χ1n) is 7.48. The molecule has 3 aromatic carbocycles. The van der Waals surface area contributed by atoms with Crippen molar-refractivity contribution in [3.8, 4) is 11.5 Å². The zero-order valence-corrected chi connectivity index (χ0v) is 15.5. The smallest absolute Gasteiger partial charge is 0.271 e. The van der Waals surface area contributed by atoms with Crippen LogP contribution in [0.5, 0.6) is 11.5 Å². The number of halogens is 1. The number of nitrogens with zero attached hydrogens (tertiary/aromatic N) is 1. The van der Waals surface area contributed by atoms with E-state index in [1.165, 1.54) is 13.3 Å². The van der Waals surface area contributed by atoms with E-state index in [1.54, 1.807) is 18.2 Å². The summed E-state index contributed by atoms with van der Waals surface area (Å²) in [5.74, 6) is 0.155. The maximum atomic E-state index is 12.4. The molecule has 3 rings (SSSR count). The lowest BCUT2D eigenvalue weighted by Crippen LogP contribution is -2.17. The van der Waals surface area contributed by atoms with Crippen LogP contribution in [-0.4, -0.2) is 24.3 Å². The van der Waals surface area contributed by atoms with E-state index >= 15 is 0 Å². The highest BCUT2D eigenvalue weighted by Crippen LogP contribution is 2.31. The van der Waals surface area contributed by atoms with Gasteiger partial charge in [0.05, 0.1) is 16.9 Å². The second-order valence-corrected chi connectivity index (χ2v) is 6.44. The molecular formula is C19H15IN2O3. The third-order valence-corrected chi connectivity index (χ3v) is 4.51. The molecule has 3 aromatic rings. The Balaban J connectivity index is 1.80. The average Bonchev–Trinajstić information content (AvgIpc) is 2.63. The molecule has 0 bridgehead atoms. The number of hydrogen-bond acceptors (Lipinski definition) is 4. The fraction of sp³-hybridized carbons (Fsp3) is 0.0526. The highest BCUT2D eigenvalue weighted by Gasteiger charge is 2.09. The number of benzene rings is 3. The van der Waals surface area contributed by atoms with Crippen LogP contribution in [0.3, 0.4) is 0 Å². The van der Waals surface area contributed by atoms with Crippen LogP contribution in [0, 0.1) is 3.57 Å². The zero-order chi connectivity index (χ0) is 17.8. The van der Waals surface area contributed by atoms with E-state index in [1.807, 2.05) is 59.0 Å². The van der Waals surface area contributed by atoms with Crippen molar-refractivity contribution in [2.45, 2.75) is 0 Å². The molecule has 6 heteroatoms. The maximum Gasteiger partial charge on any atom is 0.271 e. The normalized spacial score (nSPS) is 11.0. The molecule has 0 aromatic heterocycles. The van der Waals surface area contributed by atoms with Crippen molar-refractivity contribution in [1.29, 1.82) is 0 Å². The second kappa shape index (κ2) is 7.52. The van der Waals surface area contributed by atoms with Crippen molar-refractivity contribution in [3.63, 3.8) is 0 Å². The van der Waals surface area contributed by atoms with E-state index in [4.69, 9.17) is 4.74 Å². The van der Waals surface area contributed by atoms with Gasteiger partial charge in [-0.25, -0.2) is 5.43 Å². The first-order chi connectivity index (χ1) is 12.1. The van der Waals surface area contributed by atoms with Gasteiger partial charge in [0.15, 0.2) is 11.5 Å². The van der Waals surface area contributed by atoms with Crippen molar-refractivity contribution in [2.24, 2.45) is 5.10 Å². The fourth-order valence-electron chi connectivity index (χ4n) is 2.47. The van der Waals surface area contributed by atoms with Crippen LogP contribution in [0.1, 0.15) is 15.9 Å². The summed E-state index contributed by atoms with van der Waals surface area (Å²) in [5, 5.41) is 15.7. The van der Waals surface area contributed by atoms with Crippen molar-refractivity contribution in [1.82, 2.24) is 5.43 Å². The second-order valence-electron chi connectivity index (χ2n) is 5.28. The van der Waals surface area contributed by atoms with Crippen LogP contribution in [-0.2, 0) is 0 Å². The van der Waals surface area contributed by atoms with Gasteiger partial charge in [-0.3, -0.25) is 4.79 Å². The molecule has 0 heterocycles. The summed E-state index contributed by atoms with van der Waals surface area (Å²) >= 11 is 2.00.